The Morgan fingerprint density at radius 2 is 1.79 bits per heavy atom. The van der Waals surface area contributed by atoms with Gasteiger partial charge in [-0.2, -0.15) is 0 Å². The fourth-order valence-corrected chi connectivity index (χ4v) is 3.53. The fraction of sp³-hybridized carbons (Fsp3) is 0.375. The van der Waals surface area contributed by atoms with E-state index in [0.29, 0.717) is 19.8 Å². The molecule has 0 bridgehead atoms. The van der Waals surface area contributed by atoms with E-state index >= 15 is 0 Å². The first-order valence-corrected chi connectivity index (χ1v) is 11.1. The van der Waals surface area contributed by atoms with Crippen LogP contribution in [0.1, 0.15) is 23.9 Å². The van der Waals surface area contributed by atoms with E-state index in [4.69, 9.17) is 14.5 Å². The molecular weight excluding hydrogens is 531 g/mol. The van der Waals surface area contributed by atoms with Crippen molar-refractivity contribution in [2.45, 2.75) is 32.9 Å². The Hall–Kier alpha value is -2.82. The molecule has 2 aromatic carbocycles. The van der Waals surface area contributed by atoms with Crippen molar-refractivity contribution in [3.05, 3.63) is 71.8 Å². The number of fused-ring (bicyclic) bond motifs is 1. The summed E-state index contributed by atoms with van der Waals surface area (Å²) in [5.74, 6) is 3.42. The van der Waals surface area contributed by atoms with Gasteiger partial charge in [0.05, 0.1) is 6.54 Å². The second kappa shape index (κ2) is 13.0. The van der Waals surface area contributed by atoms with Crippen LogP contribution in [0.3, 0.4) is 0 Å². The van der Waals surface area contributed by atoms with Crippen molar-refractivity contribution in [1.82, 2.24) is 25.4 Å². The summed E-state index contributed by atoms with van der Waals surface area (Å²) >= 11 is 0. The predicted molar refractivity (Wildman–Crippen MR) is 140 cm³/mol. The van der Waals surface area contributed by atoms with Crippen LogP contribution in [0.5, 0.6) is 11.5 Å². The Morgan fingerprint density at radius 1 is 1.00 bits per heavy atom. The van der Waals surface area contributed by atoms with Crippen molar-refractivity contribution in [2.75, 3.05) is 26.3 Å². The van der Waals surface area contributed by atoms with E-state index in [9.17, 15) is 0 Å². The third-order valence-corrected chi connectivity index (χ3v) is 5.23. The van der Waals surface area contributed by atoms with E-state index < -0.39 is 0 Å². The van der Waals surface area contributed by atoms with E-state index in [1.807, 2.05) is 24.3 Å². The molecule has 1 aliphatic rings. The average molecular weight is 562 g/mol. The van der Waals surface area contributed by atoms with Gasteiger partial charge in [0.2, 0.25) is 0 Å². The van der Waals surface area contributed by atoms with Crippen LogP contribution in [0.4, 0.5) is 0 Å². The molecule has 4 rings (SSSR count). The number of aliphatic imine (C=N–C) groups is 1. The second-order valence-electron chi connectivity index (χ2n) is 7.53. The van der Waals surface area contributed by atoms with Gasteiger partial charge in [-0.15, -0.1) is 34.2 Å². The summed E-state index contributed by atoms with van der Waals surface area (Å²) in [7, 11) is 0. The molecule has 2 heterocycles. The number of halogens is 1. The van der Waals surface area contributed by atoms with Crippen LogP contribution in [0.2, 0.25) is 0 Å². The topological polar surface area (TPSA) is 85.6 Å². The smallest absolute Gasteiger partial charge is 0.191 e. The van der Waals surface area contributed by atoms with Gasteiger partial charge in [-0.05, 0) is 29.7 Å². The van der Waals surface area contributed by atoms with E-state index in [-0.39, 0.29) is 24.0 Å². The average Bonchev–Trinajstić information content (AvgIpc) is 3.30. The molecule has 1 aliphatic heterocycles. The molecule has 0 spiro atoms. The number of ether oxygens (including phenoxy) is 2. The highest BCUT2D eigenvalue weighted by Crippen LogP contribution is 2.30. The monoisotopic (exact) mass is 562 g/mol. The van der Waals surface area contributed by atoms with Crippen LogP contribution < -0.4 is 20.1 Å². The molecule has 0 unspecified atom stereocenters. The van der Waals surface area contributed by atoms with E-state index in [0.717, 1.165) is 55.8 Å². The van der Waals surface area contributed by atoms with Gasteiger partial charge in [-0.25, -0.2) is 4.99 Å². The van der Waals surface area contributed by atoms with Crippen LogP contribution in [0, 0.1) is 0 Å². The zero-order chi connectivity index (χ0) is 22.0. The number of aromatic nitrogens is 3. The van der Waals surface area contributed by atoms with Crippen LogP contribution in [0.15, 0.2) is 59.9 Å². The minimum atomic E-state index is 0. The molecule has 1 aromatic heterocycles. The summed E-state index contributed by atoms with van der Waals surface area (Å²) in [6.45, 7) is 6.18. The summed E-state index contributed by atoms with van der Waals surface area (Å²) in [6, 6.07) is 16.4. The van der Waals surface area contributed by atoms with Crippen LogP contribution in [0.25, 0.3) is 0 Å². The molecular formula is C24H31IN6O2. The highest BCUT2D eigenvalue weighted by molar-refractivity contribution is 14.0. The number of rotatable bonds is 9. The maximum Gasteiger partial charge on any atom is 0.191 e. The number of hydrogen-bond donors (Lipinski definition) is 2. The lowest BCUT2D eigenvalue weighted by molar-refractivity contribution is 0.171. The molecule has 0 aliphatic carbocycles. The summed E-state index contributed by atoms with van der Waals surface area (Å²) < 4.78 is 13.4. The van der Waals surface area contributed by atoms with Gasteiger partial charge >= 0.3 is 0 Å². The SMILES string of the molecule is CCc1nncn1CCNC(=NCc1ccccc1)NCCc1ccc2c(c1)OCCO2.I. The van der Waals surface area contributed by atoms with Crippen molar-refractivity contribution in [3.8, 4) is 11.5 Å². The van der Waals surface area contributed by atoms with Gasteiger partial charge in [0, 0.05) is 26.1 Å². The highest BCUT2D eigenvalue weighted by Gasteiger charge is 2.11. The molecule has 0 fully saturated rings. The fourth-order valence-electron chi connectivity index (χ4n) is 3.53. The normalized spacial score (nSPS) is 12.7. The molecule has 2 N–H and O–H groups in total. The lowest BCUT2D eigenvalue weighted by Crippen LogP contribution is -2.40. The van der Waals surface area contributed by atoms with Crippen molar-refractivity contribution in [3.63, 3.8) is 0 Å². The second-order valence-corrected chi connectivity index (χ2v) is 7.53. The van der Waals surface area contributed by atoms with E-state index in [1.165, 1.54) is 11.1 Å². The Balaban J connectivity index is 0.00000306. The zero-order valence-corrected chi connectivity index (χ0v) is 21.2. The van der Waals surface area contributed by atoms with Crippen molar-refractivity contribution < 1.29 is 9.47 Å². The largest absolute Gasteiger partial charge is 0.486 e. The van der Waals surface area contributed by atoms with Crippen LogP contribution >= 0.6 is 24.0 Å². The van der Waals surface area contributed by atoms with Crippen molar-refractivity contribution in [1.29, 1.82) is 0 Å². The Morgan fingerprint density at radius 3 is 2.61 bits per heavy atom. The number of guanidine groups is 1. The maximum absolute atomic E-state index is 5.69. The Labute approximate surface area is 211 Å². The molecule has 3 aromatic rings. The quantitative estimate of drug-likeness (QED) is 0.237. The predicted octanol–water partition coefficient (Wildman–Crippen LogP) is 3.21. The summed E-state index contributed by atoms with van der Waals surface area (Å²) in [4.78, 5) is 4.77. The highest BCUT2D eigenvalue weighted by atomic mass is 127. The first-order chi connectivity index (χ1) is 15.8. The van der Waals surface area contributed by atoms with Crippen LogP contribution in [-0.4, -0.2) is 47.0 Å². The molecule has 9 heteroatoms. The van der Waals surface area contributed by atoms with Gasteiger partial charge in [0.15, 0.2) is 17.5 Å². The molecule has 0 amide bonds. The molecule has 0 saturated heterocycles. The summed E-state index contributed by atoms with van der Waals surface area (Å²) in [5, 5.41) is 15.0. The minimum absolute atomic E-state index is 0. The number of benzene rings is 2. The molecule has 0 saturated carbocycles. The summed E-state index contributed by atoms with van der Waals surface area (Å²) in [5.41, 5.74) is 2.37. The zero-order valence-electron chi connectivity index (χ0n) is 18.9. The van der Waals surface area contributed by atoms with Crippen molar-refractivity contribution >= 4 is 29.9 Å². The molecule has 0 atom stereocenters. The van der Waals surface area contributed by atoms with Gasteiger partial charge in [-0.3, -0.25) is 0 Å². The Bertz CT molecular complexity index is 1020. The van der Waals surface area contributed by atoms with Gasteiger partial charge in [0.1, 0.15) is 25.4 Å². The van der Waals surface area contributed by atoms with Gasteiger partial charge in [0.25, 0.3) is 0 Å². The van der Waals surface area contributed by atoms with Crippen molar-refractivity contribution in [2.24, 2.45) is 4.99 Å². The molecule has 8 nitrogen and oxygen atoms in total. The molecule has 0 radical (unpaired) electrons. The van der Waals surface area contributed by atoms with E-state index in [1.54, 1.807) is 6.33 Å². The third kappa shape index (κ3) is 7.34. The first-order valence-electron chi connectivity index (χ1n) is 11.1. The number of nitrogens with zero attached hydrogens (tertiary/aromatic N) is 4. The molecule has 176 valence electrons. The molecule has 33 heavy (non-hydrogen) atoms. The number of hydrogen-bond acceptors (Lipinski definition) is 5. The lowest BCUT2D eigenvalue weighted by atomic mass is 10.1. The standard InChI is InChI=1S/C24H30N6O2.HI/c1-2-23-29-28-18-30(23)13-12-26-24(27-17-20-6-4-3-5-7-20)25-11-10-19-8-9-21-22(16-19)32-15-14-31-21;/h3-9,16,18H,2,10-15,17H2,1H3,(H2,25,26,27);1H. The first kappa shape index (κ1) is 24.8. The van der Waals surface area contributed by atoms with Gasteiger partial charge < -0.3 is 24.7 Å². The van der Waals surface area contributed by atoms with Gasteiger partial charge in [-0.1, -0.05) is 43.3 Å². The lowest BCUT2D eigenvalue weighted by Gasteiger charge is -2.19. The van der Waals surface area contributed by atoms with E-state index in [2.05, 4.69) is 56.6 Å². The number of nitrogens with one attached hydrogen (secondary N) is 2. The minimum Gasteiger partial charge on any atom is -0.486 e. The third-order valence-electron chi connectivity index (χ3n) is 5.23. The van der Waals surface area contributed by atoms with Crippen LogP contribution in [-0.2, 0) is 25.9 Å². The maximum atomic E-state index is 5.69. The summed E-state index contributed by atoms with van der Waals surface area (Å²) in [6.07, 6.45) is 3.49. The number of aryl methyl sites for hydroxylation is 1. The Kier molecular flexibility index (Phi) is 9.79.